The number of anilines is 2. The summed E-state index contributed by atoms with van der Waals surface area (Å²) in [4.78, 5) is 13.3. The quantitative estimate of drug-likeness (QED) is 0.564. The van der Waals surface area contributed by atoms with Crippen molar-refractivity contribution in [1.29, 1.82) is 0 Å². The Labute approximate surface area is 169 Å². The summed E-state index contributed by atoms with van der Waals surface area (Å²) in [5.41, 5.74) is 2.39. The first-order chi connectivity index (χ1) is 13.1. The van der Waals surface area contributed by atoms with Gasteiger partial charge in [-0.3, -0.25) is 4.99 Å². The number of nitrogens with one attached hydrogen (secondary N) is 2. The molecule has 2 heterocycles. The molecule has 1 aromatic carbocycles. The maximum absolute atomic E-state index is 4.45. The first-order valence-electron chi connectivity index (χ1n) is 9.16. The van der Waals surface area contributed by atoms with Gasteiger partial charge < -0.3 is 20.4 Å². The number of aromatic nitrogens is 1. The lowest BCUT2D eigenvalue weighted by Crippen LogP contribution is -2.44. The maximum Gasteiger partial charge on any atom is 0.191 e. The lowest BCUT2D eigenvalue weighted by atomic mass is 10.2. The highest BCUT2D eigenvalue weighted by Crippen LogP contribution is 2.28. The Balaban J connectivity index is 1.57. The molecular formula is C20H27BrN6. The molecule has 0 amide bonds. The van der Waals surface area contributed by atoms with Gasteiger partial charge in [0.05, 0.1) is 5.69 Å². The summed E-state index contributed by atoms with van der Waals surface area (Å²) in [5.74, 6) is 1.80. The lowest BCUT2D eigenvalue weighted by molar-refractivity contribution is 0.648. The standard InChI is InChI=1S/C20H27BrN6/c1-22-20(24-13-15-7-6-11-23-19(15)26(2)3)25-16-10-12-27(14-16)18-9-5-4-8-17(18)21/h4-9,11,16H,10,12-14H2,1-3H3,(H2,22,24,25). The van der Waals surface area contributed by atoms with Crippen molar-refractivity contribution in [2.45, 2.75) is 19.0 Å². The van der Waals surface area contributed by atoms with Crippen molar-refractivity contribution in [1.82, 2.24) is 15.6 Å². The predicted octanol–water partition coefficient (Wildman–Crippen LogP) is 2.85. The van der Waals surface area contributed by atoms with E-state index in [9.17, 15) is 0 Å². The van der Waals surface area contributed by atoms with Crippen LogP contribution in [0, 0.1) is 0 Å². The Morgan fingerprint density at radius 3 is 2.85 bits per heavy atom. The third kappa shape index (κ3) is 4.91. The minimum atomic E-state index is 0.366. The summed E-state index contributed by atoms with van der Waals surface area (Å²) < 4.78 is 1.14. The number of hydrogen-bond acceptors (Lipinski definition) is 4. The molecule has 1 unspecified atom stereocenters. The zero-order valence-corrected chi connectivity index (χ0v) is 17.7. The highest BCUT2D eigenvalue weighted by atomic mass is 79.9. The van der Waals surface area contributed by atoms with Gasteiger partial charge in [-0.1, -0.05) is 18.2 Å². The monoisotopic (exact) mass is 430 g/mol. The molecule has 0 bridgehead atoms. The number of nitrogens with zero attached hydrogens (tertiary/aromatic N) is 4. The second-order valence-electron chi connectivity index (χ2n) is 6.83. The summed E-state index contributed by atoms with van der Waals surface area (Å²) in [7, 11) is 5.83. The maximum atomic E-state index is 4.45. The number of hydrogen-bond donors (Lipinski definition) is 2. The molecule has 1 aliphatic heterocycles. The molecule has 1 aliphatic rings. The molecule has 0 spiro atoms. The summed E-state index contributed by atoms with van der Waals surface area (Å²) in [6, 6.07) is 12.8. The van der Waals surface area contributed by atoms with Crippen LogP contribution >= 0.6 is 15.9 Å². The molecule has 2 N–H and O–H groups in total. The Kier molecular flexibility index (Phi) is 6.55. The third-order valence-electron chi connectivity index (χ3n) is 4.68. The number of pyridine rings is 1. The molecule has 1 saturated heterocycles. The number of benzene rings is 1. The lowest BCUT2D eigenvalue weighted by Gasteiger charge is -2.22. The summed E-state index contributed by atoms with van der Waals surface area (Å²) >= 11 is 3.65. The van der Waals surface area contributed by atoms with Gasteiger partial charge in [-0.05, 0) is 40.5 Å². The van der Waals surface area contributed by atoms with Crippen LogP contribution in [-0.2, 0) is 6.54 Å². The van der Waals surface area contributed by atoms with E-state index in [1.807, 2.05) is 44.4 Å². The van der Waals surface area contributed by atoms with Crippen LogP contribution in [0.15, 0.2) is 52.1 Å². The van der Waals surface area contributed by atoms with E-state index in [0.717, 1.165) is 41.3 Å². The van der Waals surface area contributed by atoms with Gasteiger partial charge in [0.15, 0.2) is 5.96 Å². The Hall–Kier alpha value is -2.28. The molecule has 1 aromatic heterocycles. The Morgan fingerprint density at radius 2 is 2.11 bits per heavy atom. The average molecular weight is 431 g/mol. The Morgan fingerprint density at radius 1 is 1.30 bits per heavy atom. The molecule has 6 nitrogen and oxygen atoms in total. The van der Waals surface area contributed by atoms with E-state index in [1.54, 1.807) is 0 Å². The fourth-order valence-electron chi connectivity index (χ4n) is 3.34. The number of halogens is 1. The van der Waals surface area contributed by atoms with E-state index < -0.39 is 0 Å². The fourth-order valence-corrected chi connectivity index (χ4v) is 3.88. The summed E-state index contributed by atoms with van der Waals surface area (Å²) in [5, 5.41) is 6.97. The van der Waals surface area contributed by atoms with E-state index in [2.05, 4.69) is 65.7 Å². The van der Waals surface area contributed by atoms with Gasteiger partial charge in [0.25, 0.3) is 0 Å². The zero-order chi connectivity index (χ0) is 19.2. The van der Waals surface area contributed by atoms with E-state index in [0.29, 0.717) is 12.6 Å². The van der Waals surface area contributed by atoms with Crippen LogP contribution in [0.4, 0.5) is 11.5 Å². The van der Waals surface area contributed by atoms with Crippen molar-refractivity contribution < 1.29 is 0 Å². The van der Waals surface area contributed by atoms with Gasteiger partial charge in [-0.2, -0.15) is 0 Å². The molecule has 0 saturated carbocycles. The SMILES string of the molecule is CN=C(NCc1cccnc1N(C)C)NC1CCN(c2ccccc2Br)C1. The molecule has 1 atom stereocenters. The topological polar surface area (TPSA) is 55.8 Å². The van der Waals surface area contributed by atoms with Gasteiger partial charge in [0.1, 0.15) is 5.82 Å². The molecule has 2 aromatic rings. The third-order valence-corrected chi connectivity index (χ3v) is 5.35. The molecule has 144 valence electrons. The van der Waals surface area contributed by atoms with E-state index >= 15 is 0 Å². The van der Waals surface area contributed by atoms with Crippen LogP contribution in [0.1, 0.15) is 12.0 Å². The van der Waals surface area contributed by atoms with Crippen LogP contribution in [0.2, 0.25) is 0 Å². The number of aliphatic imine (C=N–C) groups is 1. The molecule has 3 rings (SSSR count). The largest absolute Gasteiger partial charge is 0.368 e. The number of rotatable bonds is 5. The van der Waals surface area contributed by atoms with Gasteiger partial charge in [0, 0.05) is 63.1 Å². The van der Waals surface area contributed by atoms with Crippen LogP contribution in [0.3, 0.4) is 0 Å². The second-order valence-corrected chi connectivity index (χ2v) is 7.69. The minimum Gasteiger partial charge on any atom is -0.368 e. The van der Waals surface area contributed by atoms with E-state index in [4.69, 9.17) is 0 Å². The van der Waals surface area contributed by atoms with Crippen LogP contribution in [-0.4, -0.2) is 51.2 Å². The van der Waals surface area contributed by atoms with Crippen LogP contribution in [0.25, 0.3) is 0 Å². The predicted molar refractivity (Wildman–Crippen MR) is 117 cm³/mol. The summed E-state index contributed by atoms with van der Waals surface area (Å²) in [6.45, 7) is 2.67. The van der Waals surface area contributed by atoms with Gasteiger partial charge in [0.2, 0.25) is 0 Å². The minimum absolute atomic E-state index is 0.366. The van der Waals surface area contributed by atoms with Crippen LogP contribution < -0.4 is 20.4 Å². The fraction of sp³-hybridized carbons (Fsp3) is 0.400. The normalized spacial score (nSPS) is 17.1. The van der Waals surface area contributed by atoms with Crippen LogP contribution in [0.5, 0.6) is 0 Å². The summed E-state index contributed by atoms with van der Waals surface area (Å²) in [6.07, 6.45) is 2.90. The molecule has 7 heteroatoms. The van der Waals surface area contributed by atoms with Crippen molar-refractivity contribution in [2.75, 3.05) is 44.0 Å². The van der Waals surface area contributed by atoms with Gasteiger partial charge in [-0.15, -0.1) is 0 Å². The molecular weight excluding hydrogens is 404 g/mol. The van der Waals surface area contributed by atoms with E-state index in [1.165, 1.54) is 5.69 Å². The average Bonchev–Trinajstić information content (AvgIpc) is 3.14. The Bertz CT molecular complexity index is 792. The smallest absolute Gasteiger partial charge is 0.191 e. The number of guanidine groups is 1. The molecule has 0 radical (unpaired) electrons. The highest BCUT2D eigenvalue weighted by Gasteiger charge is 2.24. The van der Waals surface area contributed by atoms with Crippen molar-refractivity contribution >= 4 is 33.4 Å². The van der Waals surface area contributed by atoms with Crippen molar-refractivity contribution in [3.63, 3.8) is 0 Å². The van der Waals surface area contributed by atoms with Gasteiger partial charge >= 0.3 is 0 Å². The van der Waals surface area contributed by atoms with Crippen molar-refractivity contribution in [3.05, 3.63) is 52.6 Å². The molecule has 27 heavy (non-hydrogen) atoms. The second kappa shape index (κ2) is 9.08. The first kappa shape index (κ1) is 19.5. The highest BCUT2D eigenvalue weighted by molar-refractivity contribution is 9.10. The number of para-hydroxylation sites is 1. The molecule has 0 aliphatic carbocycles. The van der Waals surface area contributed by atoms with Crippen molar-refractivity contribution in [2.24, 2.45) is 4.99 Å². The molecule has 1 fully saturated rings. The van der Waals surface area contributed by atoms with Crippen molar-refractivity contribution in [3.8, 4) is 0 Å². The zero-order valence-electron chi connectivity index (χ0n) is 16.1. The van der Waals surface area contributed by atoms with E-state index in [-0.39, 0.29) is 0 Å². The first-order valence-corrected chi connectivity index (χ1v) is 9.95. The van der Waals surface area contributed by atoms with Gasteiger partial charge in [-0.25, -0.2) is 4.98 Å².